The molecule has 0 radical (unpaired) electrons. The van der Waals surface area contributed by atoms with Crippen molar-refractivity contribution in [3.8, 4) is 0 Å². The van der Waals surface area contributed by atoms with E-state index in [0.29, 0.717) is 12.8 Å². The Morgan fingerprint density at radius 1 is 1.35 bits per heavy atom. The average Bonchev–Trinajstić information content (AvgIpc) is 2.81. The number of hydrogen-bond donors (Lipinski definition) is 2. The van der Waals surface area contributed by atoms with Gasteiger partial charge in [-0.15, -0.1) is 0 Å². The predicted molar refractivity (Wildman–Crippen MR) is 96.0 cm³/mol. The Morgan fingerprint density at radius 3 is 2.62 bits per heavy atom. The topological polar surface area (TPSA) is 93.1 Å². The van der Waals surface area contributed by atoms with Gasteiger partial charge in [0.1, 0.15) is 12.2 Å². The van der Waals surface area contributed by atoms with E-state index in [0.717, 1.165) is 11.1 Å². The van der Waals surface area contributed by atoms with Gasteiger partial charge in [-0.3, -0.25) is 0 Å². The molecule has 0 spiro atoms. The Kier molecular flexibility index (Phi) is 6.56. The first-order valence-corrected chi connectivity index (χ1v) is 8.66. The van der Waals surface area contributed by atoms with E-state index in [1.807, 2.05) is 13.8 Å². The molecule has 2 N–H and O–H groups in total. The zero-order valence-corrected chi connectivity index (χ0v) is 15.4. The molecule has 2 aliphatic rings. The number of carbonyl (C=O) groups excluding carboxylic acids is 2. The van der Waals surface area contributed by atoms with E-state index in [4.69, 9.17) is 9.47 Å². The highest BCUT2D eigenvalue weighted by atomic mass is 16.6. The van der Waals surface area contributed by atoms with Crippen molar-refractivity contribution in [2.45, 2.75) is 51.9 Å². The maximum Gasteiger partial charge on any atom is 0.336 e. The Hall–Kier alpha value is -2.18. The second kappa shape index (κ2) is 8.47. The maximum absolute atomic E-state index is 12.3. The minimum Gasteiger partial charge on any atom is -0.458 e. The van der Waals surface area contributed by atoms with E-state index in [1.54, 1.807) is 19.1 Å². The third kappa shape index (κ3) is 4.51. The molecule has 26 heavy (non-hydrogen) atoms. The number of aliphatic hydroxyl groups excluding tert-OH is 2. The summed E-state index contributed by atoms with van der Waals surface area (Å²) in [5.41, 5.74) is 2.11. The van der Waals surface area contributed by atoms with Gasteiger partial charge in [-0.25, -0.2) is 9.59 Å². The highest BCUT2D eigenvalue weighted by Crippen LogP contribution is 2.36. The molecule has 6 heteroatoms. The van der Waals surface area contributed by atoms with Crippen LogP contribution in [0.25, 0.3) is 0 Å². The average molecular weight is 362 g/mol. The fourth-order valence-corrected chi connectivity index (χ4v) is 3.36. The van der Waals surface area contributed by atoms with E-state index in [1.165, 1.54) is 6.08 Å². The molecular formula is C20H26O6. The molecule has 0 bridgehead atoms. The number of fused-ring (bicyclic) bond motifs is 1. The highest BCUT2D eigenvalue weighted by Gasteiger charge is 2.44. The van der Waals surface area contributed by atoms with Gasteiger partial charge in [0.25, 0.3) is 0 Å². The summed E-state index contributed by atoms with van der Waals surface area (Å²) >= 11 is 0. The van der Waals surface area contributed by atoms with Crippen LogP contribution >= 0.6 is 0 Å². The normalized spacial score (nSPS) is 34.1. The van der Waals surface area contributed by atoms with Crippen molar-refractivity contribution in [2.24, 2.45) is 5.92 Å². The Morgan fingerprint density at radius 2 is 2.00 bits per heavy atom. The minimum absolute atomic E-state index is 0.142. The standard InChI is InChI=1S/C20H26O6/c1-5-14(10-21)20(24)26-17-9-12(3)7-15(22)6-11(2)8-16-18(17)13(4)19(23)25-16/h5,7-8,15-18,21-22H,4,6,9-10H2,1-3H3/b11-8-,12-7-,14-5+/t15-,16+,17+,18-/m0/s1. The maximum atomic E-state index is 12.3. The van der Waals surface area contributed by atoms with Crippen LogP contribution < -0.4 is 0 Å². The summed E-state index contributed by atoms with van der Waals surface area (Å²) in [5, 5.41) is 19.4. The fourth-order valence-electron chi connectivity index (χ4n) is 3.36. The Bertz CT molecular complexity index is 684. The van der Waals surface area contributed by atoms with Crippen LogP contribution in [0.15, 0.2) is 47.1 Å². The highest BCUT2D eigenvalue weighted by molar-refractivity contribution is 5.92. The summed E-state index contributed by atoms with van der Waals surface area (Å²) in [6, 6.07) is 0. The molecule has 6 nitrogen and oxygen atoms in total. The number of ether oxygens (including phenoxy) is 2. The van der Waals surface area contributed by atoms with E-state index in [9.17, 15) is 19.8 Å². The van der Waals surface area contributed by atoms with Crippen LogP contribution in [0.1, 0.15) is 33.6 Å². The van der Waals surface area contributed by atoms with Gasteiger partial charge in [0.15, 0.2) is 0 Å². The summed E-state index contributed by atoms with van der Waals surface area (Å²) in [6.07, 6.45) is 3.79. The first-order chi connectivity index (χ1) is 12.3. The van der Waals surface area contributed by atoms with Crippen molar-refractivity contribution in [3.63, 3.8) is 0 Å². The molecule has 142 valence electrons. The SMILES string of the molecule is C=C1C(=O)O[C@@H]2/C=C(/C)C[C@H](O)/C=C(/C)C[C@@H](OC(=O)/C(=C/C)CO)[C@@H]12. The molecule has 0 aromatic carbocycles. The molecule has 0 aromatic rings. The van der Waals surface area contributed by atoms with Crippen molar-refractivity contribution in [1.82, 2.24) is 0 Å². The minimum atomic E-state index is -0.696. The van der Waals surface area contributed by atoms with Gasteiger partial charge in [-0.1, -0.05) is 29.9 Å². The van der Waals surface area contributed by atoms with Crippen LogP contribution in [-0.2, 0) is 19.1 Å². The van der Waals surface area contributed by atoms with Gasteiger partial charge >= 0.3 is 11.9 Å². The van der Waals surface area contributed by atoms with Crippen LogP contribution in [0.4, 0.5) is 0 Å². The first kappa shape index (κ1) is 20.1. The molecule has 0 amide bonds. The number of aliphatic hydroxyl groups is 2. The summed E-state index contributed by atoms with van der Waals surface area (Å²) < 4.78 is 11.0. The van der Waals surface area contributed by atoms with Gasteiger partial charge in [-0.2, -0.15) is 0 Å². The van der Waals surface area contributed by atoms with E-state index in [-0.39, 0.29) is 11.1 Å². The van der Waals surface area contributed by atoms with E-state index < -0.39 is 42.8 Å². The van der Waals surface area contributed by atoms with Crippen molar-refractivity contribution < 1.29 is 29.3 Å². The zero-order valence-electron chi connectivity index (χ0n) is 15.4. The monoisotopic (exact) mass is 362 g/mol. The van der Waals surface area contributed by atoms with Gasteiger partial charge in [0.05, 0.1) is 24.2 Å². The van der Waals surface area contributed by atoms with E-state index in [2.05, 4.69) is 6.58 Å². The lowest BCUT2D eigenvalue weighted by atomic mass is 9.85. The molecule has 0 saturated carbocycles. The van der Waals surface area contributed by atoms with E-state index >= 15 is 0 Å². The first-order valence-electron chi connectivity index (χ1n) is 8.66. The molecule has 0 unspecified atom stereocenters. The Balaban J connectivity index is 2.41. The largest absolute Gasteiger partial charge is 0.458 e. The fraction of sp³-hybridized carbons (Fsp3) is 0.500. The van der Waals surface area contributed by atoms with Gasteiger partial charge in [-0.05, 0) is 33.3 Å². The summed E-state index contributed by atoms with van der Waals surface area (Å²) in [7, 11) is 0. The zero-order chi connectivity index (χ0) is 19.4. The quantitative estimate of drug-likeness (QED) is 0.453. The van der Waals surface area contributed by atoms with Crippen molar-refractivity contribution in [2.75, 3.05) is 6.61 Å². The molecule has 1 aliphatic carbocycles. The number of carbonyl (C=O) groups is 2. The van der Waals surface area contributed by atoms with Crippen LogP contribution in [0.2, 0.25) is 0 Å². The molecule has 2 rings (SSSR count). The number of esters is 2. The van der Waals surface area contributed by atoms with Crippen LogP contribution in [-0.4, -0.2) is 47.1 Å². The Labute approximate surface area is 153 Å². The van der Waals surface area contributed by atoms with Crippen molar-refractivity contribution in [3.05, 3.63) is 47.1 Å². The lowest BCUT2D eigenvalue weighted by molar-refractivity contribution is -0.147. The summed E-state index contributed by atoms with van der Waals surface area (Å²) in [5.74, 6) is -1.67. The van der Waals surface area contributed by atoms with Gasteiger partial charge in [0.2, 0.25) is 0 Å². The molecule has 0 aromatic heterocycles. The van der Waals surface area contributed by atoms with Gasteiger partial charge < -0.3 is 19.7 Å². The summed E-state index contributed by atoms with van der Waals surface area (Å²) in [6.45, 7) is 8.72. The summed E-state index contributed by atoms with van der Waals surface area (Å²) in [4.78, 5) is 24.4. The van der Waals surface area contributed by atoms with Crippen molar-refractivity contribution >= 4 is 11.9 Å². The number of allylic oxidation sites excluding steroid dienone is 1. The molecule has 1 heterocycles. The molecular weight excluding hydrogens is 336 g/mol. The second-order valence-corrected chi connectivity index (χ2v) is 6.84. The second-order valence-electron chi connectivity index (χ2n) is 6.84. The lowest BCUT2D eigenvalue weighted by Gasteiger charge is -2.28. The molecule has 4 atom stereocenters. The molecule has 1 aliphatic heterocycles. The van der Waals surface area contributed by atoms with Crippen LogP contribution in [0.5, 0.6) is 0 Å². The third-order valence-corrected chi connectivity index (χ3v) is 4.68. The molecule has 1 fully saturated rings. The number of rotatable bonds is 3. The van der Waals surface area contributed by atoms with Crippen LogP contribution in [0, 0.1) is 5.92 Å². The van der Waals surface area contributed by atoms with Crippen LogP contribution in [0.3, 0.4) is 0 Å². The lowest BCUT2D eigenvalue weighted by Crippen LogP contribution is -2.34. The van der Waals surface area contributed by atoms with Crippen molar-refractivity contribution in [1.29, 1.82) is 0 Å². The van der Waals surface area contributed by atoms with Gasteiger partial charge in [0, 0.05) is 12.0 Å². The third-order valence-electron chi connectivity index (χ3n) is 4.68. The number of hydrogen-bond acceptors (Lipinski definition) is 6. The smallest absolute Gasteiger partial charge is 0.336 e. The molecule has 1 saturated heterocycles. The predicted octanol–water partition coefficient (Wildman–Crippen LogP) is 1.98.